The van der Waals surface area contributed by atoms with Crippen LogP contribution in [0.3, 0.4) is 0 Å². The normalized spacial score (nSPS) is 14.3. The molecule has 2 aromatic carbocycles. The smallest absolute Gasteiger partial charge is 0.314 e. The maximum Gasteiger partial charge on any atom is 0.314 e. The third-order valence-corrected chi connectivity index (χ3v) is 4.67. The van der Waals surface area contributed by atoms with E-state index in [2.05, 4.69) is 0 Å². The van der Waals surface area contributed by atoms with Crippen LogP contribution in [0, 0.1) is 10.1 Å². The maximum atomic E-state index is 12.8. The van der Waals surface area contributed by atoms with E-state index in [-0.39, 0.29) is 11.5 Å². The molecule has 5 nitrogen and oxygen atoms in total. The minimum atomic E-state index is -0.925. The van der Waals surface area contributed by atoms with E-state index in [4.69, 9.17) is 16.3 Å². The largest absolute Gasteiger partial charge is 0.466 e. The highest BCUT2D eigenvalue weighted by molar-refractivity contribution is 6.30. The van der Waals surface area contributed by atoms with Crippen LogP contribution in [0.2, 0.25) is 5.02 Å². The first-order chi connectivity index (χ1) is 12.5. The lowest BCUT2D eigenvalue weighted by Gasteiger charge is -2.28. The van der Waals surface area contributed by atoms with Crippen molar-refractivity contribution in [1.82, 2.24) is 0 Å². The highest BCUT2D eigenvalue weighted by Crippen LogP contribution is 2.39. The molecule has 3 unspecified atom stereocenters. The van der Waals surface area contributed by atoms with Gasteiger partial charge in [-0.25, -0.2) is 0 Å². The fraction of sp³-hybridized carbons (Fsp3) is 0.350. The predicted octanol–water partition coefficient (Wildman–Crippen LogP) is 4.83. The lowest BCUT2D eigenvalue weighted by Crippen LogP contribution is -2.35. The summed E-state index contributed by atoms with van der Waals surface area (Å²) >= 11 is 5.98. The van der Waals surface area contributed by atoms with E-state index in [9.17, 15) is 14.9 Å². The van der Waals surface area contributed by atoms with Crippen LogP contribution in [0.4, 0.5) is 0 Å². The minimum Gasteiger partial charge on any atom is -0.466 e. The first-order valence-electron chi connectivity index (χ1n) is 8.60. The van der Waals surface area contributed by atoms with Crippen molar-refractivity contribution in [2.24, 2.45) is 0 Å². The van der Waals surface area contributed by atoms with Gasteiger partial charge in [0.1, 0.15) is 0 Å². The van der Waals surface area contributed by atoms with Crippen LogP contribution in [0.1, 0.15) is 43.2 Å². The van der Waals surface area contributed by atoms with Crippen LogP contribution in [-0.2, 0) is 9.53 Å². The lowest BCUT2D eigenvalue weighted by atomic mass is 9.76. The molecule has 26 heavy (non-hydrogen) atoms. The van der Waals surface area contributed by atoms with E-state index in [0.717, 1.165) is 0 Å². The van der Waals surface area contributed by atoms with Crippen LogP contribution in [0.15, 0.2) is 54.6 Å². The van der Waals surface area contributed by atoms with Crippen molar-refractivity contribution in [1.29, 1.82) is 0 Å². The van der Waals surface area contributed by atoms with Crippen LogP contribution in [0.5, 0.6) is 0 Å². The van der Waals surface area contributed by atoms with E-state index >= 15 is 0 Å². The summed E-state index contributed by atoms with van der Waals surface area (Å²) in [5, 5.41) is 12.3. The van der Waals surface area contributed by atoms with Gasteiger partial charge in [-0.05, 0) is 30.2 Å². The Bertz CT molecular complexity index is 733. The molecule has 0 aliphatic carbocycles. The molecule has 0 saturated heterocycles. The summed E-state index contributed by atoms with van der Waals surface area (Å²) in [5.41, 5.74) is 1.39. The predicted molar refractivity (Wildman–Crippen MR) is 101 cm³/mol. The molecule has 0 radical (unpaired) electrons. The molecule has 0 aliphatic heterocycles. The number of nitro groups is 1. The number of halogens is 1. The van der Waals surface area contributed by atoms with E-state index in [1.54, 1.807) is 50.2 Å². The zero-order valence-electron chi connectivity index (χ0n) is 14.8. The zero-order valence-corrected chi connectivity index (χ0v) is 15.6. The van der Waals surface area contributed by atoms with Crippen molar-refractivity contribution in [3.8, 4) is 0 Å². The standard InChI is InChI=1S/C20H22ClNO4/c1-3-17(22(24)25)18(15-10-12-16(21)13-11-15)19(20(23)26-4-2)14-8-6-5-7-9-14/h5-13,17-19H,3-4H2,1-2H3. The number of hydrogen-bond acceptors (Lipinski definition) is 4. The Hall–Kier alpha value is -2.40. The topological polar surface area (TPSA) is 69.4 Å². The van der Waals surface area contributed by atoms with Crippen molar-refractivity contribution in [3.05, 3.63) is 80.9 Å². The number of carbonyl (C=O) groups excluding carboxylic acids is 1. The molecular weight excluding hydrogens is 354 g/mol. The van der Waals surface area contributed by atoms with Gasteiger partial charge in [0.05, 0.1) is 18.4 Å². The molecule has 2 aromatic rings. The summed E-state index contributed by atoms with van der Waals surface area (Å²) in [4.78, 5) is 24.2. The zero-order chi connectivity index (χ0) is 19.1. The molecule has 0 saturated carbocycles. The molecule has 3 atom stereocenters. The second-order valence-corrected chi connectivity index (χ2v) is 6.42. The van der Waals surface area contributed by atoms with Crippen molar-refractivity contribution in [2.75, 3.05) is 6.61 Å². The molecular formula is C20H22ClNO4. The SMILES string of the molecule is CCOC(=O)C(c1ccccc1)C(c1ccc(Cl)cc1)C(CC)[N+](=O)[O-]. The Labute approximate surface area is 158 Å². The minimum absolute atomic E-state index is 0.213. The summed E-state index contributed by atoms with van der Waals surface area (Å²) in [7, 11) is 0. The second kappa shape index (κ2) is 9.34. The highest BCUT2D eigenvalue weighted by atomic mass is 35.5. The van der Waals surface area contributed by atoms with Crippen molar-refractivity contribution < 1.29 is 14.5 Å². The van der Waals surface area contributed by atoms with Crippen LogP contribution in [0.25, 0.3) is 0 Å². The Morgan fingerprint density at radius 2 is 1.69 bits per heavy atom. The third-order valence-electron chi connectivity index (χ3n) is 4.42. The molecule has 0 heterocycles. The van der Waals surface area contributed by atoms with Gasteiger partial charge < -0.3 is 4.74 Å². The van der Waals surface area contributed by atoms with Crippen LogP contribution < -0.4 is 0 Å². The van der Waals surface area contributed by atoms with Gasteiger partial charge in [-0.2, -0.15) is 0 Å². The Kier molecular flexibility index (Phi) is 7.16. The molecule has 0 spiro atoms. The van der Waals surface area contributed by atoms with Gasteiger partial charge in [0.25, 0.3) is 0 Å². The number of hydrogen-bond donors (Lipinski definition) is 0. The van der Waals surface area contributed by atoms with Crippen molar-refractivity contribution in [3.63, 3.8) is 0 Å². The molecule has 0 fully saturated rings. The van der Waals surface area contributed by atoms with Gasteiger partial charge in [-0.15, -0.1) is 0 Å². The van der Waals surface area contributed by atoms with Crippen molar-refractivity contribution >= 4 is 17.6 Å². The molecule has 0 aromatic heterocycles. The van der Waals surface area contributed by atoms with E-state index < -0.39 is 23.8 Å². The molecule has 6 heteroatoms. The van der Waals surface area contributed by atoms with Gasteiger partial charge in [-0.1, -0.05) is 61.0 Å². The lowest BCUT2D eigenvalue weighted by molar-refractivity contribution is -0.527. The second-order valence-electron chi connectivity index (χ2n) is 5.98. The fourth-order valence-electron chi connectivity index (χ4n) is 3.24. The number of ether oxygens (including phenoxy) is 1. The average molecular weight is 376 g/mol. The average Bonchev–Trinajstić information content (AvgIpc) is 2.63. The summed E-state index contributed by atoms with van der Waals surface area (Å²) < 4.78 is 5.27. The first-order valence-corrected chi connectivity index (χ1v) is 8.97. The Balaban J connectivity index is 2.62. The summed E-state index contributed by atoms with van der Waals surface area (Å²) in [6.45, 7) is 3.69. The summed E-state index contributed by atoms with van der Waals surface area (Å²) in [5.74, 6) is -1.89. The fourth-order valence-corrected chi connectivity index (χ4v) is 3.36. The van der Waals surface area contributed by atoms with Crippen molar-refractivity contribution in [2.45, 2.75) is 38.1 Å². The molecule has 2 rings (SSSR count). The molecule has 0 aliphatic rings. The van der Waals surface area contributed by atoms with Gasteiger partial charge >= 0.3 is 5.97 Å². The molecule has 0 N–H and O–H groups in total. The van der Waals surface area contributed by atoms with Gasteiger partial charge in [0.2, 0.25) is 6.04 Å². The van der Waals surface area contributed by atoms with E-state index in [1.807, 2.05) is 18.2 Å². The maximum absolute atomic E-state index is 12.8. The van der Waals surface area contributed by atoms with Crippen LogP contribution >= 0.6 is 11.6 Å². The van der Waals surface area contributed by atoms with E-state index in [1.165, 1.54) is 0 Å². The number of benzene rings is 2. The quantitative estimate of drug-likeness (QED) is 0.376. The Morgan fingerprint density at radius 3 is 2.19 bits per heavy atom. The molecule has 138 valence electrons. The highest BCUT2D eigenvalue weighted by Gasteiger charge is 2.42. The number of rotatable bonds is 8. The van der Waals surface area contributed by atoms with E-state index in [0.29, 0.717) is 22.6 Å². The first kappa shape index (κ1) is 19.9. The summed E-state index contributed by atoms with van der Waals surface area (Å²) in [6.07, 6.45) is 0.295. The number of esters is 1. The monoisotopic (exact) mass is 375 g/mol. The van der Waals surface area contributed by atoms with Crippen LogP contribution in [-0.4, -0.2) is 23.5 Å². The molecule has 0 bridgehead atoms. The Morgan fingerprint density at radius 1 is 1.08 bits per heavy atom. The van der Waals surface area contributed by atoms with Gasteiger partial charge in [0.15, 0.2) is 0 Å². The number of nitrogens with zero attached hydrogens (tertiary/aromatic N) is 1. The molecule has 0 amide bonds. The number of carbonyl (C=O) groups is 1. The summed E-state index contributed by atoms with van der Waals surface area (Å²) in [6, 6.07) is 15.0. The van der Waals surface area contributed by atoms with Gasteiger partial charge in [-0.3, -0.25) is 14.9 Å². The third kappa shape index (κ3) is 4.61. The van der Waals surface area contributed by atoms with Gasteiger partial charge in [0, 0.05) is 16.4 Å².